The molecule has 2 aliphatic heterocycles. The molecule has 1 fully saturated rings. The van der Waals surface area contributed by atoms with E-state index in [9.17, 15) is 9.59 Å². The molecule has 10 heteroatoms. The molecule has 0 radical (unpaired) electrons. The van der Waals surface area contributed by atoms with Crippen LogP contribution in [0.5, 0.6) is 11.5 Å². The maximum absolute atomic E-state index is 12.2. The lowest BCUT2D eigenvalue weighted by Gasteiger charge is -2.35. The number of benzene rings is 1. The molecule has 27 heavy (non-hydrogen) atoms. The molecule has 2 aliphatic rings. The summed E-state index contributed by atoms with van der Waals surface area (Å²) in [6.07, 6.45) is 1.03. The molecule has 1 saturated heterocycles. The lowest BCUT2D eigenvalue weighted by Crippen LogP contribution is -2.64. The number of urea groups is 1. The molecule has 0 bridgehead atoms. The maximum Gasteiger partial charge on any atom is 0.325 e. The van der Waals surface area contributed by atoms with Crippen molar-refractivity contribution in [1.29, 1.82) is 0 Å². The Morgan fingerprint density at radius 2 is 2.04 bits per heavy atom. The highest BCUT2D eigenvalue weighted by Crippen LogP contribution is 2.27. The van der Waals surface area contributed by atoms with Crippen LogP contribution < -0.4 is 20.2 Å². The Bertz CT molecular complexity index is 809. The average molecular weight is 374 g/mol. The summed E-state index contributed by atoms with van der Waals surface area (Å²) in [5.74, 6) is 1.29. The fourth-order valence-electron chi connectivity index (χ4n) is 3.06. The highest BCUT2D eigenvalue weighted by molar-refractivity contribution is 6.03. The Balaban J connectivity index is 1.76. The standard InChI is InChI=1S/C17H22N6O4/c1-5-23-13-14(22(2)17(25)20-15(13)24)19-16(23)21-18-9-10-6-7-11(26-3)12(8-10)27-4/h6-9,13-14H,5H2,1-4H3,(H,19,21)(H,20,24,25)/b18-9+. The maximum atomic E-state index is 12.2. The zero-order chi connectivity index (χ0) is 19.6. The van der Waals surface area contributed by atoms with Crippen molar-refractivity contribution in [3.05, 3.63) is 23.8 Å². The van der Waals surface area contributed by atoms with Crippen LogP contribution in [-0.2, 0) is 4.79 Å². The van der Waals surface area contributed by atoms with Gasteiger partial charge in [-0.05, 0) is 30.7 Å². The number of amides is 3. The van der Waals surface area contributed by atoms with Crippen molar-refractivity contribution in [2.24, 2.45) is 10.1 Å². The second-order valence-electron chi connectivity index (χ2n) is 5.99. The normalized spacial score (nSPS) is 21.9. The van der Waals surface area contributed by atoms with Crippen molar-refractivity contribution in [2.75, 3.05) is 27.8 Å². The molecular weight excluding hydrogens is 352 g/mol. The fraction of sp³-hybridized carbons (Fsp3) is 0.412. The molecule has 2 unspecified atom stereocenters. The molecule has 3 rings (SSSR count). The van der Waals surface area contributed by atoms with E-state index in [0.717, 1.165) is 5.56 Å². The first-order valence-electron chi connectivity index (χ1n) is 8.43. The number of imide groups is 1. The number of aliphatic imine (C=N–C) groups is 1. The van der Waals surface area contributed by atoms with Crippen LogP contribution in [-0.4, -0.2) is 73.9 Å². The second kappa shape index (κ2) is 7.52. The van der Waals surface area contributed by atoms with Crippen molar-refractivity contribution < 1.29 is 19.1 Å². The minimum atomic E-state index is -0.579. The fourth-order valence-corrected chi connectivity index (χ4v) is 3.06. The van der Waals surface area contributed by atoms with E-state index >= 15 is 0 Å². The van der Waals surface area contributed by atoms with E-state index < -0.39 is 18.2 Å². The molecule has 2 N–H and O–H groups in total. The molecule has 144 valence electrons. The molecule has 0 saturated carbocycles. The van der Waals surface area contributed by atoms with Gasteiger partial charge < -0.3 is 19.3 Å². The monoisotopic (exact) mass is 374 g/mol. The molecule has 0 spiro atoms. The van der Waals surface area contributed by atoms with Crippen molar-refractivity contribution in [1.82, 2.24) is 20.5 Å². The largest absolute Gasteiger partial charge is 0.493 e. The van der Waals surface area contributed by atoms with Crippen molar-refractivity contribution in [3.8, 4) is 11.5 Å². The quantitative estimate of drug-likeness (QED) is 0.563. The lowest BCUT2D eigenvalue weighted by atomic mass is 10.1. The first kappa shape index (κ1) is 18.5. The third-order valence-corrected chi connectivity index (χ3v) is 4.49. The summed E-state index contributed by atoms with van der Waals surface area (Å²) in [6, 6.07) is 4.37. The van der Waals surface area contributed by atoms with Gasteiger partial charge in [0.1, 0.15) is 0 Å². The van der Waals surface area contributed by atoms with Gasteiger partial charge >= 0.3 is 6.03 Å². The number of nitrogens with one attached hydrogen (secondary N) is 2. The van der Waals surface area contributed by atoms with Gasteiger partial charge in [0.25, 0.3) is 5.91 Å². The van der Waals surface area contributed by atoms with Crippen molar-refractivity contribution >= 4 is 24.1 Å². The van der Waals surface area contributed by atoms with Crippen LogP contribution in [0.3, 0.4) is 0 Å². The minimum absolute atomic E-state index is 0.366. The number of hydrazone groups is 1. The Hall–Kier alpha value is -3.30. The van der Waals surface area contributed by atoms with Crippen LogP contribution in [0.1, 0.15) is 12.5 Å². The predicted octanol–water partition coefficient (Wildman–Crippen LogP) is 0.195. The van der Waals surface area contributed by atoms with E-state index in [4.69, 9.17) is 9.47 Å². The lowest BCUT2D eigenvalue weighted by molar-refractivity contribution is -0.127. The number of carbonyl (C=O) groups is 2. The van der Waals surface area contributed by atoms with Crippen LogP contribution in [0.4, 0.5) is 4.79 Å². The third-order valence-electron chi connectivity index (χ3n) is 4.49. The molecular formula is C17H22N6O4. The number of hydrogen-bond donors (Lipinski definition) is 2. The Morgan fingerprint density at radius 3 is 2.70 bits per heavy atom. The molecule has 3 amide bonds. The van der Waals surface area contributed by atoms with E-state index in [2.05, 4.69) is 20.8 Å². The zero-order valence-electron chi connectivity index (χ0n) is 15.6. The SMILES string of the molecule is CCN1C(N/N=C/c2ccc(OC)c(OC)c2)=NC2C1C(=O)NC(=O)N2C. The second-order valence-corrected chi connectivity index (χ2v) is 5.99. The van der Waals surface area contributed by atoms with Crippen LogP contribution >= 0.6 is 0 Å². The highest BCUT2D eigenvalue weighted by atomic mass is 16.5. The van der Waals surface area contributed by atoms with Gasteiger partial charge in [0.15, 0.2) is 23.7 Å². The zero-order valence-corrected chi connectivity index (χ0v) is 15.6. The number of ether oxygens (including phenoxy) is 2. The topological polar surface area (TPSA) is 108 Å². The van der Waals surface area contributed by atoms with Crippen LogP contribution in [0.25, 0.3) is 0 Å². The molecule has 2 atom stereocenters. The Morgan fingerprint density at radius 1 is 1.30 bits per heavy atom. The third kappa shape index (κ3) is 3.37. The van der Waals surface area contributed by atoms with E-state index in [1.54, 1.807) is 44.5 Å². The average Bonchev–Trinajstić information content (AvgIpc) is 3.05. The van der Waals surface area contributed by atoms with Gasteiger partial charge in [0.2, 0.25) is 5.96 Å². The summed E-state index contributed by atoms with van der Waals surface area (Å²) in [7, 11) is 4.74. The van der Waals surface area contributed by atoms with Gasteiger partial charge in [-0.25, -0.2) is 15.2 Å². The van der Waals surface area contributed by atoms with Crippen molar-refractivity contribution in [2.45, 2.75) is 19.1 Å². The number of methoxy groups -OCH3 is 2. The Kier molecular flexibility index (Phi) is 5.15. The number of rotatable bonds is 5. The van der Waals surface area contributed by atoms with Gasteiger partial charge in [0, 0.05) is 13.6 Å². The van der Waals surface area contributed by atoms with E-state index in [0.29, 0.717) is 24.0 Å². The summed E-state index contributed by atoms with van der Waals surface area (Å²) >= 11 is 0. The van der Waals surface area contributed by atoms with E-state index in [1.807, 2.05) is 13.0 Å². The van der Waals surface area contributed by atoms with E-state index in [-0.39, 0.29) is 5.91 Å². The number of nitrogens with zero attached hydrogens (tertiary/aromatic N) is 4. The molecule has 2 heterocycles. The summed E-state index contributed by atoms with van der Waals surface area (Å²) in [5.41, 5.74) is 3.66. The van der Waals surface area contributed by atoms with Gasteiger partial charge in [0.05, 0.1) is 20.4 Å². The summed E-state index contributed by atoms with van der Waals surface area (Å²) in [4.78, 5) is 31.6. The number of fused-ring (bicyclic) bond motifs is 1. The molecule has 10 nitrogen and oxygen atoms in total. The summed E-state index contributed by atoms with van der Waals surface area (Å²) < 4.78 is 10.5. The molecule has 1 aromatic carbocycles. The number of carbonyl (C=O) groups excluding carboxylic acids is 2. The first-order valence-corrected chi connectivity index (χ1v) is 8.43. The Labute approximate surface area is 156 Å². The number of hydrogen-bond acceptors (Lipinski definition) is 8. The van der Waals surface area contributed by atoms with Crippen LogP contribution in [0.2, 0.25) is 0 Å². The van der Waals surface area contributed by atoms with Gasteiger partial charge in [-0.1, -0.05) is 0 Å². The minimum Gasteiger partial charge on any atom is -0.493 e. The molecule has 1 aromatic rings. The number of likely N-dealkylation sites (N-methyl/N-ethyl adjacent to an activating group) is 2. The first-order chi connectivity index (χ1) is 13.0. The molecule has 0 aliphatic carbocycles. The molecule has 0 aromatic heterocycles. The van der Waals surface area contributed by atoms with Crippen molar-refractivity contribution in [3.63, 3.8) is 0 Å². The van der Waals surface area contributed by atoms with E-state index in [1.165, 1.54) is 4.90 Å². The number of guanidine groups is 1. The van der Waals surface area contributed by atoms with Gasteiger partial charge in [-0.2, -0.15) is 5.10 Å². The summed E-state index contributed by atoms with van der Waals surface area (Å²) in [5, 5.41) is 6.53. The smallest absolute Gasteiger partial charge is 0.325 e. The highest BCUT2D eigenvalue weighted by Gasteiger charge is 2.48. The van der Waals surface area contributed by atoms with Gasteiger partial charge in [-0.3, -0.25) is 10.1 Å². The predicted molar refractivity (Wildman–Crippen MR) is 99.0 cm³/mol. The summed E-state index contributed by atoms with van der Waals surface area (Å²) in [6.45, 7) is 2.44. The van der Waals surface area contributed by atoms with Gasteiger partial charge in [-0.15, -0.1) is 0 Å². The van der Waals surface area contributed by atoms with Crippen LogP contribution in [0.15, 0.2) is 28.3 Å². The van der Waals surface area contributed by atoms with Crippen LogP contribution in [0, 0.1) is 0 Å².